The second-order valence-electron chi connectivity index (χ2n) is 5.46. The fourth-order valence-electron chi connectivity index (χ4n) is 2.74. The molecule has 4 nitrogen and oxygen atoms in total. The highest BCUT2D eigenvalue weighted by molar-refractivity contribution is 6.08. The number of ether oxygens (including phenoxy) is 3. The van der Waals surface area contributed by atoms with E-state index in [4.69, 9.17) is 14.2 Å². The molecule has 2 aromatic rings. The first kappa shape index (κ1) is 15.0. The number of methoxy groups -OCH3 is 1. The first-order valence-corrected chi connectivity index (χ1v) is 7.59. The lowest BCUT2D eigenvalue weighted by atomic mass is 9.99. The van der Waals surface area contributed by atoms with E-state index in [0.717, 1.165) is 23.6 Å². The van der Waals surface area contributed by atoms with E-state index in [-0.39, 0.29) is 24.8 Å². The standard InChI is InChI=1S/C18H20O4/c1-3-6-15-18(22-15)16(19)14-10-9-12-7-4-5-8-13(12)17(14)21-11-20-2/h4-5,7-10,15,18H,3,6,11H2,1-2H3/t15-,18+/m0/s1. The Bertz CT molecular complexity index is 680. The van der Waals surface area contributed by atoms with E-state index in [9.17, 15) is 4.79 Å². The van der Waals surface area contributed by atoms with Gasteiger partial charge in [0.25, 0.3) is 0 Å². The Balaban J connectivity index is 1.96. The number of carbonyl (C=O) groups is 1. The average molecular weight is 300 g/mol. The van der Waals surface area contributed by atoms with Gasteiger partial charge in [-0.1, -0.05) is 43.7 Å². The summed E-state index contributed by atoms with van der Waals surface area (Å²) in [7, 11) is 1.56. The van der Waals surface area contributed by atoms with Gasteiger partial charge in [-0.05, 0) is 17.9 Å². The molecule has 0 saturated carbocycles. The molecule has 0 spiro atoms. The number of rotatable bonds is 7. The highest BCUT2D eigenvalue weighted by atomic mass is 16.7. The first-order valence-electron chi connectivity index (χ1n) is 7.59. The molecule has 0 unspecified atom stereocenters. The van der Waals surface area contributed by atoms with E-state index in [1.807, 2.05) is 36.4 Å². The van der Waals surface area contributed by atoms with Crippen LogP contribution >= 0.6 is 0 Å². The maximum absolute atomic E-state index is 12.7. The average Bonchev–Trinajstić information content (AvgIpc) is 3.31. The minimum Gasteiger partial charge on any atom is -0.466 e. The zero-order valence-corrected chi connectivity index (χ0v) is 12.9. The molecule has 0 radical (unpaired) electrons. The van der Waals surface area contributed by atoms with Crippen LogP contribution < -0.4 is 4.74 Å². The highest BCUT2D eigenvalue weighted by Crippen LogP contribution is 2.36. The predicted molar refractivity (Wildman–Crippen MR) is 84.4 cm³/mol. The molecule has 0 amide bonds. The summed E-state index contributed by atoms with van der Waals surface area (Å²) < 4.78 is 16.2. The normalized spacial score (nSPS) is 20.1. The second kappa shape index (κ2) is 6.46. The lowest BCUT2D eigenvalue weighted by Crippen LogP contribution is -2.13. The van der Waals surface area contributed by atoms with E-state index in [1.165, 1.54) is 0 Å². The summed E-state index contributed by atoms with van der Waals surface area (Å²) in [5.74, 6) is 0.575. The van der Waals surface area contributed by atoms with Crippen molar-refractivity contribution in [2.75, 3.05) is 13.9 Å². The molecule has 1 fully saturated rings. The summed E-state index contributed by atoms with van der Waals surface area (Å²) >= 11 is 0. The fourth-order valence-corrected chi connectivity index (χ4v) is 2.74. The second-order valence-corrected chi connectivity index (χ2v) is 5.46. The number of fused-ring (bicyclic) bond motifs is 1. The lowest BCUT2D eigenvalue weighted by molar-refractivity contribution is 0.0512. The van der Waals surface area contributed by atoms with Crippen molar-refractivity contribution in [3.63, 3.8) is 0 Å². The SMILES string of the molecule is CCC[C@@H]1O[C@H]1C(=O)c1ccc2ccccc2c1OCOC. The van der Waals surface area contributed by atoms with E-state index >= 15 is 0 Å². The van der Waals surface area contributed by atoms with Crippen molar-refractivity contribution in [3.8, 4) is 5.75 Å². The largest absolute Gasteiger partial charge is 0.466 e. The van der Waals surface area contributed by atoms with Gasteiger partial charge in [-0.2, -0.15) is 0 Å². The smallest absolute Gasteiger partial charge is 0.197 e. The van der Waals surface area contributed by atoms with Crippen LogP contribution in [0.1, 0.15) is 30.1 Å². The summed E-state index contributed by atoms with van der Waals surface area (Å²) in [6.45, 7) is 2.20. The van der Waals surface area contributed by atoms with E-state index in [1.54, 1.807) is 7.11 Å². The third-order valence-corrected chi connectivity index (χ3v) is 3.88. The summed E-state index contributed by atoms with van der Waals surface area (Å²) in [6, 6.07) is 11.6. The van der Waals surface area contributed by atoms with Crippen molar-refractivity contribution >= 4 is 16.6 Å². The highest BCUT2D eigenvalue weighted by Gasteiger charge is 2.45. The summed E-state index contributed by atoms with van der Waals surface area (Å²) in [5.41, 5.74) is 0.569. The summed E-state index contributed by atoms with van der Waals surface area (Å²) in [4.78, 5) is 12.7. The van der Waals surface area contributed by atoms with Crippen LogP contribution in [0.15, 0.2) is 36.4 Å². The third kappa shape index (κ3) is 2.85. The Hall–Kier alpha value is -1.91. The molecule has 1 saturated heterocycles. The van der Waals surface area contributed by atoms with Crippen molar-refractivity contribution < 1.29 is 19.0 Å². The van der Waals surface area contributed by atoms with Crippen molar-refractivity contribution in [3.05, 3.63) is 42.0 Å². The number of carbonyl (C=O) groups excluding carboxylic acids is 1. The maximum atomic E-state index is 12.7. The van der Waals surface area contributed by atoms with Gasteiger partial charge in [0.05, 0.1) is 11.7 Å². The lowest BCUT2D eigenvalue weighted by Gasteiger charge is -2.12. The summed E-state index contributed by atoms with van der Waals surface area (Å²) in [5, 5.41) is 1.95. The Morgan fingerprint density at radius 1 is 1.23 bits per heavy atom. The minimum absolute atomic E-state index is 0.00435. The molecule has 0 aliphatic carbocycles. The van der Waals surface area contributed by atoms with Gasteiger partial charge in [0, 0.05) is 12.5 Å². The number of epoxide rings is 1. The molecule has 0 N–H and O–H groups in total. The molecule has 2 aromatic carbocycles. The van der Waals surface area contributed by atoms with Gasteiger partial charge in [0.2, 0.25) is 0 Å². The van der Waals surface area contributed by atoms with Crippen LogP contribution in [-0.2, 0) is 9.47 Å². The summed E-state index contributed by atoms with van der Waals surface area (Å²) in [6.07, 6.45) is 1.66. The maximum Gasteiger partial charge on any atom is 0.197 e. The van der Waals surface area contributed by atoms with Gasteiger partial charge < -0.3 is 14.2 Å². The van der Waals surface area contributed by atoms with Gasteiger partial charge in [-0.25, -0.2) is 0 Å². The van der Waals surface area contributed by atoms with Gasteiger partial charge in [0.1, 0.15) is 11.9 Å². The van der Waals surface area contributed by atoms with Gasteiger partial charge in [0.15, 0.2) is 12.6 Å². The van der Waals surface area contributed by atoms with E-state index in [2.05, 4.69) is 6.92 Å². The topological polar surface area (TPSA) is 48.1 Å². The number of benzene rings is 2. The van der Waals surface area contributed by atoms with Crippen LogP contribution in [0.2, 0.25) is 0 Å². The fraction of sp³-hybridized carbons (Fsp3) is 0.389. The molecular weight excluding hydrogens is 280 g/mol. The van der Waals surface area contributed by atoms with E-state index in [0.29, 0.717) is 11.3 Å². The predicted octanol–water partition coefficient (Wildman–Crippen LogP) is 3.57. The molecule has 0 aromatic heterocycles. The van der Waals surface area contributed by atoms with E-state index < -0.39 is 0 Å². The quantitative estimate of drug-likeness (QED) is 0.445. The molecule has 1 aliphatic rings. The molecule has 3 rings (SSSR count). The van der Waals surface area contributed by atoms with Gasteiger partial charge in [-0.15, -0.1) is 0 Å². The Morgan fingerprint density at radius 2 is 2.05 bits per heavy atom. The monoisotopic (exact) mass is 300 g/mol. The Morgan fingerprint density at radius 3 is 2.82 bits per heavy atom. The van der Waals surface area contributed by atoms with Gasteiger partial charge >= 0.3 is 0 Å². The zero-order valence-electron chi connectivity index (χ0n) is 12.9. The molecule has 2 atom stereocenters. The van der Waals surface area contributed by atoms with Crippen LogP contribution in [0.5, 0.6) is 5.75 Å². The Labute approximate surface area is 130 Å². The van der Waals surface area contributed by atoms with Crippen LogP contribution in [0.25, 0.3) is 10.8 Å². The van der Waals surface area contributed by atoms with Crippen LogP contribution in [0.3, 0.4) is 0 Å². The van der Waals surface area contributed by atoms with Gasteiger partial charge in [-0.3, -0.25) is 4.79 Å². The molecule has 116 valence electrons. The molecule has 1 aliphatic heterocycles. The van der Waals surface area contributed by atoms with Crippen LogP contribution in [0, 0.1) is 0 Å². The van der Waals surface area contributed by atoms with Crippen molar-refractivity contribution in [2.45, 2.75) is 32.0 Å². The zero-order chi connectivity index (χ0) is 15.5. The molecule has 22 heavy (non-hydrogen) atoms. The first-order chi connectivity index (χ1) is 10.8. The van der Waals surface area contributed by atoms with Crippen LogP contribution in [0.4, 0.5) is 0 Å². The molecular formula is C18H20O4. The number of ketones is 1. The van der Waals surface area contributed by atoms with Crippen molar-refractivity contribution in [2.24, 2.45) is 0 Å². The number of hydrogen-bond donors (Lipinski definition) is 0. The molecule has 4 heteroatoms. The Kier molecular flexibility index (Phi) is 4.41. The number of Topliss-reactive ketones (excluding diaryl/α,β-unsaturated/α-hetero) is 1. The number of hydrogen-bond acceptors (Lipinski definition) is 4. The minimum atomic E-state index is -0.328. The molecule has 0 bridgehead atoms. The molecule has 1 heterocycles. The third-order valence-electron chi connectivity index (χ3n) is 3.88. The van der Waals surface area contributed by atoms with Crippen molar-refractivity contribution in [1.29, 1.82) is 0 Å². The van der Waals surface area contributed by atoms with Crippen molar-refractivity contribution in [1.82, 2.24) is 0 Å². The van der Waals surface area contributed by atoms with Crippen LogP contribution in [-0.4, -0.2) is 31.9 Å².